The van der Waals surface area contributed by atoms with E-state index in [4.69, 9.17) is 28.7 Å². The van der Waals surface area contributed by atoms with E-state index in [0.29, 0.717) is 57.9 Å². The Morgan fingerprint density at radius 3 is 1.59 bits per heavy atom. The van der Waals surface area contributed by atoms with Gasteiger partial charge in [-0.25, -0.2) is 0 Å². The molecule has 1 saturated carbocycles. The molecule has 0 bridgehead atoms. The van der Waals surface area contributed by atoms with Crippen LogP contribution in [0.1, 0.15) is 129 Å². The van der Waals surface area contributed by atoms with Crippen molar-refractivity contribution in [2.24, 2.45) is 51.4 Å². The molecule has 41 heteroatoms. The maximum Gasteiger partial charge on any atom is 0.245 e. The third kappa shape index (κ3) is 35.3. The lowest BCUT2D eigenvalue weighted by Gasteiger charge is -2.28. The fourth-order valence-corrected chi connectivity index (χ4v) is 12.4. The van der Waals surface area contributed by atoms with E-state index >= 15 is 0 Å². The summed E-state index contributed by atoms with van der Waals surface area (Å²) in [6.07, 6.45) is 3.71. The summed E-state index contributed by atoms with van der Waals surface area (Å²) in [5, 5.41) is 45.2. The van der Waals surface area contributed by atoms with Gasteiger partial charge in [0.2, 0.25) is 94.5 Å². The number of carbonyl (C=O) groups excluding carboxylic acids is 17. The number of ketones is 1. The minimum atomic E-state index is -1.74. The highest BCUT2D eigenvalue weighted by Gasteiger charge is 2.43. The van der Waals surface area contributed by atoms with E-state index in [-0.39, 0.29) is 100 Å². The van der Waals surface area contributed by atoms with Crippen LogP contribution in [-0.4, -0.2) is 254 Å². The molecule has 614 valence electrons. The van der Waals surface area contributed by atoms with Crippen molar-refractivity contribution in [1.82, 2.24) is 79.3 Å². The number of aliphatic hydroxyl groups excluding tert-OH is 1. The number of aliphatic imine (C=N–C) groups is 1. The van der Waals surface area contributed by atoms with Crippen LogP contribution in [0, 0.1) is 17.8 Å². The SMILES string of the molecule is CCCC[C@H](NC(=O)[C@H]1CCCN1C(=O)CNC(=O)[C@@H](CCCCN)NC(=O)[C@@H](CS)NC(=O)[C@H](CO)NC(=O)[C@H](CC(C)C)NC(=O)[C@@H](CS)NC(=O)[C@H]1CCCC1C(=O)[C@@H](CCCN=C(N)N)NC(=O)[C@@H](CCC(N)=O)NC(=O)CNC(=O)CNC(=O)CNC(=O)CNC(=O)CN)C(=O)NCCc1ccccc1. The summed E-state index contributed by atoms with van der Waals surface area (Å²) in [5.41, 5.74) is 28.4. The van der Waals surface area contributed by atoms with Crippen LogP contribution in [0.15, 0.2) is 35.3 Å². The molecule has 0 aromatic heterocycles. The molecule has 1 aliphatic carbocycles. The third-order valence-corrected chi connectivity index (χ3v) is 18.5. The molecule has 39 nitrogen and oxygen atoms in total. The summed E-state index contributed by atoms with van der Waals surface area (Å²) in [7, 11) is 0. The molecule has 1 unspecified atom stereocenters. The van der Waals surface area contributed by atoms with Crippen molar-refractivity contribution in [1.29, 1.82) is 0 Å². The maximum absolute atomic E-state index is 14.6. The quantitative estimate of drug-likeness (QED) is 0.0125. The first kappa shape index (κ1) is 94.5. The average molecular weight is 1590 g/mol. The largest absolute Gasteiger partial charge is 0.394 e. The highest BCUT2D eigenvalue weighted by atomic mass is 32.1. The fourth-order valence-electron chi connectivity index (χ4n) is 11.9. The summed E-state index contributed by atoms with van der Waals surface area (Å²) in [5.74, 6) is -16.7. The number of amides is 16. The zero-order valence-electron chi connectivity index (χ0n) is 62.6. The molecule has 16 amide bonds. The van der Waals surface area contributed by atoms with Crippen LogP contribution in [-0.2, 0) is 87.9 Å². The number of Topliss-reactive ketones (excluding diaryl/α,β-unsaturated/α-hetero) is 1. The molecule has 1 aliphatic heterocycles. The molecule has 25 N–H and O–H groups in total. The van der Waals surface area contributed by atoms with Crippen LogP contribution >= 0.6 is 25.3 Å². The Bertz CT molecular complexity index is 3320. The predicted octanol–water partition coefficient (Wildman–Crippen LogP) is -7.72. The summed E-state index contributed by atoms with van der Waals surface area (Å²) < 4.78 is 0. The standard InChI is InChI=1S/C69H113N21O18S2/c1-4-5-18-44(61(101)75-27-24-40-14-7-6-8-15-40)85-68(108)51-21-13-28-90(51)58(98)35-81-62(102)45(19-9-10-25-70)84-66(106)50(38-110)89-65(105)48(36-91)87-64(104)47(29-39(2)3)86-67(107)49(37-109)88-60(100)42-17-11-16-41(42)59(99)43(20-12-26-76-69(73)74)83-63(103)46(22-23-52(72)92)82-57(97)34-80-56(96)33-79-55(95)32-78-54(94)31-77-53(93)30-71/h6-8,14-15,39,41-51,91,109-110H,4-5,9-13,16-38,70-71H2,1-3H3,(H2,72,92)(H,75,101)(H,77,93)(H,78,94)(H,79,95)(H,80,96)(H,81,102)(H,82,97)(H,83,103)(H,84,106)(H,85,108)(H,86,107)(H,87,104)(H,88,100)(H,89,105)(H4,73,74,76)/t41?,42-,43+,44-,45+,46+,47-,48-,49+,50+,51+/m0/s1. The van der Waals surface area contributed by atoms with Gasteiger partial charge in [-0.15, -0.1) is 0 Å². The van der Waals surface area contributed by atoms with Crippen LogP contribution in [0.2, 0.25) is 0 Å². The van der Waals surface area contributed by atoms with Gasteiger partial charge in [-0.2, -0.15) is 25.3 Å². The van der Waals surface area contributed by atoms with Crippen molar-refractivity contribution in [3.8, 4) is 0 Å². The Labute approximate surface area is 649 Å². The minimum Gasteiger partial charge on any atom is -0.394 e. The Hall–Kier alpha value is -9.74. The van der Waals surface area contributed by atoms with E-state index in [0.717, 1.165) is 12.0 Å². The second-order valence-corrected chi connectivity index (χ2v) is 27.7. The van der Waals surface area contributed by atoms with E-state index in [1.807, 2.05) is 37.3 Å². The molecule has 110 heavy (non-hydrogen) atoms. The van der Waals surface area contributed by atoms with E-state index in [9.17, 15) is 86.6 Å². The Balaban J connectivity index is 1.68. The molecule has 11 atom stereocenters. The van der Waals surface area contributed by atoms with Crippen LogP contribution in [0.25, 0.3) is 0 Å². The zero-order valence-corrected chi connectivity index (χ0v) is 64.4. The first-order valence-corrected chi connectivity index (χ1v) is 38.1. The number of nitrogens with two attached hydrogens (primary N) is 5. The number of rotatable bonds is 52. The topological polar surface area (TPSA) is 625 Å². The molecule has 1 heterocycles. The molecular formula is C69H113N21O18S2. The lowest BCUT2D eigenvalue weighted by Crippen LogP contribution is -2.60. The lowest BCUT2D eigenvalue weighted by molar-refractivity contribution is -0.140. The zero-order chi connectivity index (χ0) is 81.8. The molecule has 1 aromatic rings. The number of guanidine groups is 1. The molecule has 2 aliphatic rings. The van der Waals surface area contributed by atoms with Gasteiger partial charge in [-0.3, -0.25) is 86.5 Å². The maximum atomic E-state index is 14.6. The number of nitrogens with one attached hydrogen (secondary N) is 14. The normalized spacial score (nSPS) is 16.5. The summed E-state index contributed by atoms with van der Waals surface area (Å²) in [4.78, 5) is 232. The van der Waals surface area contributed by atoms with Gasteiger partial charge >= 0.3 is 0 Å². The predicted molar refractivity (Wildman–Crippen MR) is 408 cm³/mol. The van der Waals surface area contributed by atoms with Crippen LogP contribution in [0.4, 0.5) is 0 Å². The molecule has 2 fully saturated rings. The Morgan fingerprint density at radius 2 is 1.01 bits per heavy atom. The highest BCUT2D eigenvalue weighted by molar-refractivity contribution is 7.80. The van der Waals surface area contributed by atoms with Crippen LogP contribution < -0.4 is 103 Å². The summed E-state index contributed by atoms with van der Waals surface area (Å²) >= 11 is 8.56. The number of thiol groups is 2. The first-order valence-electron chi connectivity index (χ1n) is 36.9. The van der Waals surface area contributed by atoms with Crippen molar-refractivity contribution in [3.63, 3.8) is 0 Å². The van der Waals surface area contributed by atoms with Gasteiger partial charge in [0.25, 0.3) is 0 Å². The molecule has 0 radical (unpaired) electrons. The average Bonchev–Trinajstić information content (AvgIpc) is 1.64. The minimum absolute atomic E-state index is 0.0111. The fraction of sp³-hybridized carbons (Fsp3) is 0.652. The van der Waals surface area contributed by atoms with E-state index < -0.39 is 206 Å². The smallest absolute Gasteiger partial charge is 0.245 e. The Kier molecular flexibility index (Phi) is 44.3. The van der Waals surface area contributed by atoms with Crippen LogP contribution in [0.5, 0.6) is 0 Å². The van der Waals surface area contributed by atoms with Gasteiger partial charge in [0.05, 0.1) is 51.9 Å². The number of hydrogen-bond donors (Lipinski definition) is 22. The van der Waals surface area contributed by atoms with Gasteiger partial charge in [-0.05, 0) is 101 Å². The monoisotopic (exact) mass is 1590 g/mol. The van der Waals surface area contributed by atoms with E-state index in [2.05, 4.69) is 105 Å². The molecule has 1 aromatic carbocycles. The van der Waals surface area contributed by atoms with Crippen molar-refractivity contribution in [2.75, 3.05) is 83.6 Å². The highest BCUT2D eigenvalue weighted by Crippen LogP contribution is 2.34. The van der Waals surface area contributed by atoms with Gasteiger partial charge in [-0.1, -0.05) is 70.4 Å². The number of likely N-dealkylation sites (tertiary alicyclic amines) is 1. The van der Waals surface area contributed by atoms with Crippen LogP contribution in [0.3, 0.4) is 0 Å². The number of hydrogen-bond acceptors (Lipinski definition) is 23. The second-order valence-electron chi connectivity index (χ2n) is 27.0. The third-order valence-electron chi connectivity index (χ3n) is 17.8. The second kappa shape index (κ2) is 51.6. The number of carbonyl (C=O) groups is 17. The lowest BCUT2D eigenvalue weighted by atomic mass is 9.86. The van der Waals surface area contributed by atoms with Gasteiger partial charge in [0.15, 0.2) is 11.7 Å². The van der Waals surface area contributed by atoms with Crippen molar-refractivity contribution < 1.29 is 86.6 Å². The molecular weight excluding hydrogens is 1480 g/mol. The molecule has 3 rings (SSSR count). The van der Waals surface area contributed by atoms with Crippen molar-refractivity contribution in [3.05, 3.63) is 35.9 Å². The number of aliphatic hydroxyl groups is 1. The van der Waals surface area contributed by atoms with Crippen molar-refractivity contribution >= 4 is 132 Å². The first-order chi connectivity index (χ1) is 52.4. The molecule has 0 spiro atoms. The van der Waals surface area contributed by atoms with E-state index in [1.54, 1.807) is 13.8 Å². The Morgan fingerprint density at radius 1 is 0.509 bits per heavy atom. The summed E-state index contributed by atoms with van der Waals surface area (Å²) in [6.45, 7) is 1.81. The summed E-state index contributed by atoms with van der Waals surface area (Å²) in [6, 6.07) is -2.46. The van der Waals surface area contributed by atoms with Gasteiger partial charge < -0.3 is 113 Å². The number of unbranched alkanes of at least 4 members (excludes halogenated alkanes) is 2. The number of nitrogens with zero attached hydrogens (tertiary/aromatic N) is 2. The van der Waals surface area contributed by atoms with Crippen molar-refractivity contribution in [2.45, 2.75) is 184 Å². The molecule has 1 saturated heterocycles. The van der Waals surface area contributed by atoms with Gasteiger partial charge in [0.1, 0.15) is 48.3 Å². The number of benzene rings is 1. The van der Waals surface area contributed by atoms with Gasteiger partial charge in [0, 0.05) is 49.4 Å². The number of primary amides is 1. The van der Waals surface area contributed by atoms with E-state index in [1.165, 1.54) is 4.90 Å².